The van der Waals surface area contributed by atoms with Gasteiger partial charge in [0, 0.05) is 24.1 Å². The van der Waals surface area contributed by atoms with Gasteiger partial charge in [0.1, 0.15) is 0 Å². The molecule has 2 amide bonds. The first-order chi connectivity index (χ1) is 8.34. The van der Waals surface area contributed by atoms with Crippen molar-refractivity contribution in [1.82, 2.24) is 10.6 Å². The standard InChI is InChI=1S/C13H18N2OS/c16-13(15-12-6-7-12)14-8-9-17-10-11-4-2-1-3-5-11/h1-5,12H,6-10H2,(H2,14,15,16). The summed E-state index contributed by atoms with van der Waals surface area (Å²) in [5.41, 5.74) is 1.33. The summed E-state index contributed by atoms with van der Waals surface area (Å²) in [7, 11) is 0. The third-order valence-electron chi connectivity index (χ3n) is 2.56. The molecule has 0 saturated heterocycles. The topological polar surface area (TPSA) is 41.1 Å². The first-order valence-corrected chi connectivity index (χ1v) is 7.16. The summed E-state index contributed by atoms with van der Waals surface area (Å²) in [5, 5.41) is 5.77. The molecule has 2 rings (SSSR count). The number of benzene rings is 1. The molecule has 2 N–H and O–H groups in total. The van der Waals surface area contributed by atoms with Gasteiger partial charge in [-0.25, -0.2) is 4.79 Å². The summed E-state index contributed by atoms with van der Waals surface area (Å²) in [6, 6.07) is 10.8. The average Bonchev–Trinajstić information content (AvgIpc) is 3.14. The zero-order valence-electron chi connectivity index (χ0n) is 9.82. The molecule has 0 atom stereocenters. The molecule has 3 nitrogen and oxygen atoms in total. The van der Waals surface area contributed by atoms with Crippen LogP contribution in [-0.4, -0.2) is 24.4 Å². The van der Waals surface area contributed by atoms with Crippen LogP contribution in [0.4, 0.5) is 4.79 Å². The molecule has 0 heterocycles. The lowest BCUT2D eigenvalue weighted by Gasteiger charge is -2.06. The minimum absolute atomic E-state index is 0.0205. The Morgan fingerprint density at radius 2 is 2.06 bits per heavy atom. The largest absolute Gasteiger partial charge is 0.337 e. The molecule has 0 aliphatic heterocycles. The van der Waals surface area contributed by atoms with Gasteiger partial charge < -0.3 is 10.6 Å². The Hall–Kier alpha value is -1.16. The van der Waals surface area contributed by atoms with E-state index in [9.17, 15) is 4.79 Å². The molecule has 0 aromatic heterocycles. The Balaban J connectivity index is 1.50. The number of thioether (sulfide) groups is 1. The smallest absolute Gasteiger partial charge is 0.315 e. The maximum Gasteiger partial charge on any atom is 0.315 e. The molecule has 1 saturated carbocycles. The molecule has 1 fully saturated rings. The van der Waals surface area contributed by atoms with Gasteiger partial charge >= 0.3 is 6.03 Å². The van der Waals surface area contributed by atoms with Crippen LogP contribution < -0.4 is 10.6 Å². The maximum absolute atomic E-state index is 11.3. The van der Waals surface area contributed by atoms with Gasteiger partial charge in [-0.05, 0) is 18.4 Å². The number of rotatable bonds is 6. The van der Waals surface area contributed by atoms with E-state index < -0.39 is 0 Å². The van der Waals surface area contributed by atoms with Gasteiger partial charge in [0.05, 0.1) is 0 Å². The van der Waals surface area contributed by atoms with Crippen LogP contribution in [0.15, 0.2) is 30.3 Å². The molecule has 0 spiro atoms. The molecule has 0 radical (unpaired) electrons. The number of amides is 2. The quantitative estimate of drug-likeness (QED) is 0.761. The highest BCUT2D eigenvalue weighted by Gasteiger charge is 2.22. The van der Waals surface area contributed by atoms with Crippen molar-refractivity contribution in [3.8, 4) is 0 Å². The van der Waals surface area contributed by atoms with Gasteiger partial charge in [-0.1, -0.05) is 30.3 Å². The van der Waals surface area contributed by atoms with E-state index in [-0.39, 0.29) is 6.03 Å². The van der Waals surface area contributed by atoms with E-state index in [2.05, 4.69) is 34.9 Å². The average molecular weight is 250 g/mol. The van der Waals surface area contributed by atoms with E-state index in [1.807, 2.05) is 17.8 Å². The van der Waals surface area contributed by atoms with Crippen molar-refractivity contribution in [2.45, 2.75) is 24.6 Å². The zero-order valence-corrected chi connectivity index (χ0v) is 10.6. The number of carbonyl (C=O) groups excluding carboxylic acids is 1. The zero-order chi connectivity index (χ0) is 11.9. The monoisotopic (exact) mass is 250 g/mol. The van der Waals surface area contributed by atoms with Gasteiger partial charge in [-0.15, -0.1) is 0 Å². The molecule has 1 aliphatic rings. The molecule has 0 bridgehead atoms. The van der Waals surface area contributed by atoms with Crippen molar-refractivity contribution in [1.29, 1.82) is 0 Å². The minimum Gasteiger partial charge on any atom is -0.337 e. The van der Waals surface area contributed by atoms with E-state index in [1.165, 1.54) is 5.56 Å². The summed E-state index contributed by atoms with van der Waals surface area (Å²) in [4.78, 5) is 11.3. The molecule has 0 unspecified atom stereocenters. The molecule has 1 aromatic carbocycles. The van der Waals surface area contributed by atoms with Crippen molar-refractivity contribution >= 4 is 17.8 Å². The van der Waals surface area contributed by atoms with Gasteiger partial charge in [0.25, 0.3) is 0 Å². The number of nitrogens with one attached hydrogen (secondary N) is 2. The highest BCUT2D eigenvalue weighted by molar-refractivity contribution is 7.98. The second-order valence-electron chi connectivity index (χ2n) is 4.21. The van der Waals surface area contributed by atoms with E-state index in [4.69, 9.17) is 0 Å². The second kappa shape index (κ2) is 6.55. The van der Waals surface area contributed by atoms with Crippen LogP contribution in [0.25, 0.3) is 0 Å². The van der Waals surface area contributed by atoms with Crippen molar-refractivity contribution in [3.63, 3.8) is 0 Å². The van der Waals surface area contributed by atoms with Crippen molar-refractivity contribution in [2.75, 3.05) is 12.3 Å². The van der Waals surface area contributed by atoms with E-state index in [1.54, 1.807) is 0 Å². The third-order valence-corrected chi connectivity index (χ3v) is 3.59. The van der Waals surface area contributed by atoms with Gasteiger partial charge in [-0.3, -0.25) is 0 Å². The van der Waals surface area contributed by atoms with Gasteiger partial charge in [0.15, 0.2) is 0 Å². The summed E-state index contributed by atoms with van der Waals surface area (Å²) < 4.78 is 0. The van der Waals surface area contributed by atoms with Crippen molar-refractivity contribution < 1.29 is 4.79 Å². The molecular weight excluding hydrogens is 232 g/mol. The van der Waals surface area contributed by atoms with Crippen LogP contribution >= 0.6 is 11.8 Å². The first-order valence-electron chi connectivity index (χ1n) is 6.00. The van der Waals surface area contributed by atoms with Crippen LogP contribution in [0.1, 0.15) is 18.4 Å². The molecule has 1 aliphatic carbocycles. The predicted octanol–water partition coefficient (Wildman–Crippen LogP) is 2.38. The van der Waals surface area contributed by atoms with E-state index in [0.29, 0.717) is 6.04 Å². The van der Waals surface area contributed by atoms with Crippen LogP contribution in [-0.2, 0) is 5.75 Å². The highest BCUT2D eigenvalue weighted by Crippen LogP contribution is 2.18. The summed E-state index contributed by atoms with van der Waals surface area (Å²) in [5.74, 6) is 1.96. The van der Waals surface area contributed by atoms with E-state index >= 15 is 0 Å². The molecule has 92 valence electrons. The Kier molecular flexibility index (Phi) is 4.74. The first kappa shape index (κ1) is 12.3. The predicted molar refractivity (Wildman–Crippen MR) is 72.2 cm³/mol. The Bertz CT molecular complexity index is 352. The molecular formula is C13H18N2OS. The fourth-order valence-corrected chi connectivity index (χ4v) is 2.28. The lowest BCUT2D eigenvalue weighted by Crippen LogP contribution is -2.37. The fraction of sp³-hybridized carbons (Fsp3) is 0.462. The Morgan fingerprint density at radius 1 is 1.29 bits per heavy atom. The SMILES string of the molecule is O=C(NCCSCc1ccccc1)NC1CC1. The number of hydrogen-bond acceptors (Lipinski definition) is 2. The van der Waals surface area contributed by atoms with Gasteiger partial charge in [0.2, 0.25) is 0 Å². The van der Waals surface area contributed by atoms with Crippen LogP contribution in [0, 0.1) is 0 Å². The van der Waals surface area contributed by atoms with Crippen LogP contribution in [0.2, 0.25) is 0 Å². The lowest BCUT2D eigenvalue weighted by molar-refractivity contribution is 0.241. The normalized spacial score (nSPS) is 14.4. The Labute approximate surface area is 106 Å². The molecule has 4 heteroatoms. The van der Waals surface area contributed by atoms with Crippen molar-refractivity contribution in [3.05, 3.63) is 35.9 Å². The van der Waals surface area contributed by atoms with Gasteiger partial charge in [-0.2, -0.15) is 11.8 Å². The number of hydrogen-bond donors (Lipinski definition) is 2. The summed E-state index contributed by atoms with van der Waals surface area (Å²) in [6.45, 7) is 0.732. The second-order valence-corrected chi connectivity index (χ2v) is 5.32. The maximum atomic E-state index is 11.3. The number of carbonyl (C=O) groups is 1. The van der Waals surface area contributed by atoms with Crippen LogP contribution in [0.5, 0.6) is 0 Å². The highest BCUT2D eigenvalue weighted by atomic mass is 32.2. The lowest BCUT2D eigenvalue weighted by atomic mass is 10.2. The Morgan fingerprint density at radius 3 is 2.76 bits per heavy atom. The minimum atomic E-state index is -0.0205. The third kappa shape index (κ3) is 5.13. The summed E-state index contributed by atoms with van der Waals surface area (Å²) >= 11 is 1.84. The fourth-order valence-electron chi connectivity index (χ4n) is 1.47. The molecule has 1 aromatic rings. The summed E-state index contributed by atoms with van der Waals surface area (Å²) in [6.07, 6.45) is 2.27. The number of urea groups is 1. The van der Waals surface area contributed by atoms with E-state index in [0.717, 1.165) is 30.9 Å². The van der Waals surface area contributed by atoms with Crippen LogP contribution in [0.3, 0.4) is 0 Å². The van der Waals surface area contributed by atoms with Crippen molar-refractivity contribution in [2.24, 2.45) is 0 Å². The molecule has 17 heavy (non-hydrogen) atoms.